The van der Waals surface area contributed by atoms with Crippen molar-refractivity contribution in [2.24, 2.45) is 0 Å². The number of nitrogens with one attached hydrogen (secondary N) is 1. The highest BCUT2D eigenvalue weighted by atomic mass is 32.2. The number of H-pyrrole nitrogens is 1. The van der Waals surface area contributed by atoms with Crippen LogP contribution in [0.25, 0.3) is 10.9 Å². The van der Waals surface area contributed by atoms with Crippen LogP contribution in [0.5, 0.6) is 5.75 Å². The number of hydrogen-bond donors (Lipinski definition) is 1. The lowest BCUT2D eigenvalue weighted by molar-refractivity contribution is 0.242. The van der Waals surface area contributed by atoms with E-state index in [1.54, 1.807) is 30.3 Å². The van der Waals surface area contributed by atoms with Crippen LogP contribution in [0.15, 0.2) is 47.4 Å². The van der Waals surface area contributed by atoms with Gasteiger partial charge in [0.15, 0.2) is 0 Å². The predicted octanol–water partition coefficient (Wildman–Crippen LogP) is 3.84. The molecule has 1 aliphatic rings. The highest BCUT2D eigenvalue weighted by molar-refractivity contribution is 7.89. The highest BCUT2D eigenvalue weighted by Crippen LogP contribution is 2.31. The fourth-order valence-electron chi connectivity index (χ4n) is 3.50. The van der Waals surface area contributed by atoms with Crippen LogP contribution >= 0.6 is 0 Å². The lowest BCUT2D eigenvalue weighted by Crippen LogP contribution is -2.35. The minimum absolute atomic E-state index is 0.0276. The Labute approximate surface area is 157 Å². The zero-order valence-corrected chi connectivity index (χ0v) is 16.0. The molecule has 2 aromatic carbocycles. The lowest BCUT2D eigenvalue weighted by atomic mass is 10.0. The number of aromatic amines is 1. The van der Waals surface area contributed by atoms with Gasteiger partial charge in [0, 0.05) is 23.1 Å². The first-order chi connectivity index (χ1) is 12.8. The third-order valence-electron chi connectivity index (χ3n) is 4.74. The van der Waals surface area contributed by atoms with Crippen LogP contribution in [0, 0.1) is 5.82 Å². The molecule has 0 fully saturated rings. The molecule has 0 saturated carbocycles. The molecular weight excluding hydrogens is 367 g/mol. The molecule has 0 spiro atoms. The van der Waals surface area contributed by atoms with Crippen molar-refractivity contribution in [2.75, 3.05) is 6.54 Å². The second kappa shape index (κ2) is 6.65. The van der Waals surface area contributed by atoms with Gasteiger partial charge in [0.2, 0.25) is 10.0 Å². The van der Waals surface area contributed by atoms with Crippen LogP contribution in [0.2, 0.25) is 0 Å². The van der Waals surface area contributed by atoms with Crippen LogP contribution in [-0.4, -0.2) is 30.4 Å². The minimum Gasteiger partial charge on any atom is -0.491 e. The predicted molar refractivity (Wildman–Crippen MR) is 102 cm³/mol. The molecule has 27 heavy (non-hydrogen) atoms. The number of halogens is 1. The molecule has 0 saturated heterocycles. The van der Waals surface area contributed by atoms with Crippen molar-refractivity contribution < 1.29 is 17.5 Å². The minimum atomic E-state index is -3.61. The van der Waals surface area contributed by atoms with Gasteiger partial charge in [-0.15, -0.1) is 0 Å². The summed E-state index contributed by atoms with van der Waals surface area (Å²) in [6.45, 7) is 4.45. The van der Waals surface area contributed by atoms with Crippen LogP contribution in [0.4, 0.5) is 4.39 Å². The number of fused-ring (bicyclic) bond motifs is 3. The van der Waals surface area contributed by atoms with Crippen LogP contribution < -0.4 is 4.74 Å². The van der Waals surface area contributed by atoms with E-state index in [2.05, 4.69) is 4.98 Å². The Morgan fingerprint density at radius 1 is 1.15 bits per heavy atom. The number of aromatic nitrogens is 1. The van der Waals surface area contributed by atoms with E-state index in [1.165, 1.54) is 16.4 Å². The fraction of sp³-hybridized carbons (Fsp3) is 0.300. The molecule has 142 valence electrons. The van der Waals surface area contributed by atoms with E-state index in [0.29, 0.717) is 18.7 Å². The van der Waals surface area contributed by atoms with Crippen molar-refractivity contribution in [2.45, 2.75) is 37.8 Å². The zero-order valence-electron chi connectivity index (χ0n) is 15.2. The second-order valence-corrected chi connectivity index (χ2v) is 8.94. The maximum Gasteiger partial charge on any atom is 0.243 e. The molecule has 1 aliphatic heterocycles. The lowest BCUT2D eigenvalue weighted by Gasteiger charge is -2.26. The van der Waals surface area contributed by atoms with Gasteiger partial charge in [0.25, 0.3) is 0 Å². The number of nitrogens with zero attached hydrogens (tertiary/aromatic N) is 1. The van der Waals surface area contributed by atoms with E-state index in [1.807, 2.05) is 13.8 Å². The highest BCUT2D eigenvalue weighted by Gasteiger charge is 2.30. The molecule has 4 rings (SSSR count). The van der Waals surface area contributed by atoms with Gasteiger partial charge in [-0.25, -0.2) is 12.8 Å². The molecule has 0 unspecified atom stereocenters. The summed E-state index contributed by atoms with van der Waals surface area (Å²) in [5, 5.41) is 0.831. The fourth-order valence-corrected chi connectivity index (χ4v) is 4.91. The first-order valence-corrected chi connectivity index (χ1v) is 10.3. The molecule has 0 bridgehead atoms. The molecule has 7 heteroatoms. The Balaban J connectivity index is 1.61. The molecule has 2 heterocycles. The van der Waals surface area contributed by atoms with Crippen molar-refractivity contribution in [1.82, 2.24) is 9.29 Å². The molecule has 1 N–H and O–H groups in total. The molecule has 0 atom stereocenters. The molecule has 0 radical (unpaired) electrons. The maximum atomic E-state index is 13.6. The Morgan fingerprint density at radius 2 is 1.89 bits per heavy atom. The van der Waals surface area contributed by atoms with E-state index in [0.717, 1.165) is 22.2 Å². The summed E-state index contributed by atoms with van der Waals surface area (Å²) in [6, 6.07) is 11.1. The van der Waals surface area contributed by atoms with Crippen molar-refractivity contribution in [3.63, 3.8) is 0 Å². The van der Waals surface area contributed by atoms with E-state index >= 15 is 0 Å². The van der Waals surface area contributed by atoms with Crippen LogP contribution in [0.3, 0.4) is 0 Å². The maximum absolute atomic E-state index is 13.6. The van der Waals surface area contributed by atoms with E-state index < -0.39 is 10.0 Å². The standard InChI is InChI=1S/C20H21FN2O3S/c1-13(2)26-15-4-6-16(7-5-15)27(24,25)23-10-9-17-18-11-14(21)3-8-19(18)22-20(17)12-23/h3-8,11,13,22H,9-10,12H2,1-2H3. The van der Waals surface area contributed by atoms with Crippen molar-refractivity contribution >= 4 is 20.9 Å². The van der Waals surface area contributed by atoms with Crippen molar-refractivity contribution in [3.8, 4) is 5.75 Å². The Hall–Kier alpha value is -2.38. The average molecular weight is 388 g/mol. The van der Waals surface area contributed by atoms with Crippen LogP contribution in [0.1, 0.15) is 25.1 Å². The smallest absolute Gasteiger partial charge is 0.243 e. The first-order valence-electron chi connectivity index (χ1n) is 8.90. The number of hydrogen-bond acceptors (Lipinski definition) is 3. The summed E-state index contributed by atoms with van der Waals surface area (Å²) in [5.41, 5.74) is 2.65. The largest absolute Gasteiger partial charge is 0.491 e. The van der Waals surface area contributed by atoms with Gasteiger partial charge in [-0.05, 0) is 68.3 Å². The van der Waals surface area contributed by atoms with Gasteiger partial charge in [-0.2, -0.15) is 4.31 Å². The first kappa shape index (κ1) is 18.0. The monoisotopic (exact) mass is 388 g/mol. The summed E-state index contributed by atoms with van der Waals surface area (Å²) >= 11 is 0. The van der Waals surface area contributed by atoms with Crippen molar-refractivity contribution in [3.05, 3.63) is 59.5 Å². The number of rotatable bonds is 4. The third-order valence-corrected chi connectivity index (χ3v) is 6.59. The Morgan fingerprint density at radius 3 is 2.59 bits per heavy atom. The van der Waals surface area contributed by atoms with E-state index in [-0.39, 0.29) is 23.4 Å². The molecule has 5 nitrogen and oxygen atoms in total. The SMILES string of the molecule is CC(C)Oc1ccc(S(=O)(=O)N2CCc3c([nH]c4ccc(F)cc34)C2)cc1. The third kappa shape index (κ3) is 3.33. The number of sulfonamides is 1. The summed E-state index contributed by atoms with van der Waals surface area (Å²) in [4.78, 5) is 3.47. The van der Waals surface area contributed by atoms with Gasteiger partial charge in [-0.1, -0.05) is 0 Å². The average Bonchev–Trinajstić information content (AvgIpc) is 2.98. The summed E-state index contributed by atoms with van der Waals surface area (Å²) in [6.07, 6.45) is 0.576. The zero-order chi connectivity index (χ0) is 19.2. The van der Waals surface area contributed by atoms with E-state index in [4.69, 9.17) is 4.74 Å². The Kier molecular flexibility index (Phi) is 4.44. The van der Waals surface area contributed by atoms with Gasteiger partial charge in [0.05, 0.1) is 17.5 Å². The molecule has 3 aromatic rings. The van der Waals surface area contributed by atoms with Gasteiger partial charge in [0.1, 0.15) is 11.6 Å². The Bertz CT molecular complexity index is 1090. The topological polar surface area (TPSA) is 62.4 Å². The molecule has 0 amide bonds. The van der Waals surface area contributed by atoms with Gasteiger partial charge >= 0.3 is 0 Å². The number of ether oxygens (including phenoxy) is 1. The normalized spacial score (nSPS) is 15.3. The summed E-state index contributed by atoms with van der Waals surface area (Å²) in [7, 11) is -3.61. The second-order valence-electron chi connectivity index (χ2n) is 7.00. The molecular formula is C20H21FN2O3S. The molecule has 1 aromatic heterocycles. The van der Waals surface area contributed by atoms with Crippen LogP contribution in [-0.2, 0) is 23.0 Å². The summed E-state index contributed by atoms with van der Waals surface area (Å²) in [5.74, 6) is 0.352. The number of benzene rings is 2. The quantitative estimate of drug-likeness (QED) is 0.739. The van der Waals surface area contributed by atoms with Gasteiger partial charge in [-0.3, -0.25) is 0 Å². The summed E-state index contributed by atoms with van der Waals surface area (Å²) < 4.78 is 46.6. The van der Waals surface area contributed by atoms with E-state index in [9.17, 15) is 12.8 Å². The molecule has 0 aliphatic carbocycles. The van der Waals surface area contributed by atoms with Gasteiger partial charge < -0.3 is 9.72 Å². The van der Waals surface area contributed by atoms with Crippen molar-refractivity contribution in [1.29, 1.82) is 0 Å².